The van der Waals surface area contributed by atoms with Gasteiger partial charge in [-0.25, -0.2) is 0 Å². The van der Waals surface area contributed by atoms with E-state index in [4.69, 9.17) is 0 Å². The van der Waals surface area contributed by atoms with E-state index < -0.39 is 4.92 Å². The Hall–Kier alpha value is -2.15. The number of carbonyl (C=O) groups is 1. The van der Waals surface area contributed by atoms with Gasteiger partial charge in [0.2, 0.25) is 0 Å². The van der Waals surface area contributed by atoms with Crippen LogP contribution in [0.3, 0.4) is 0 Å². The SMILES string of the molecule is CCN1CCN(C(=O)c2ccc([N+](=O)[O-])c(NC)c2)CC1. The van der Waals surface area contributed by atoms with Crippen molar-refractivity contribution in [1.82, 2.24) is 9.80 Å². The molecule has 0 spiro atoms. The van der Waals surface area contributed by atoms with Gasteiger partial charge in [0.1, 0.15) is 5.69 Å². The fourth-order valence-corrected chi connectivity index (χ4v) is 2.48. The lowest BCUT2D eigenvalue weighted by molar-refractivity contribution is -0.383. The van der Waals surface area contributed by atoms with Crippen LogP contribution in [0.4, 0.5) is 11.4 Å². The summed E-state index contributed by atoms with van der Waals surface area (Å²) in [6, 6.07) is 4.45. The lowest BCUT2D eigenvalue weighted by atomic mass is 10.1. The van der Waals surface area contributed by atoms with Gasteiger partial charge in [-0.05, 0) is 18.7 Å². The predicted octanol–water partition coefficient (Wildman–Crippen LogP) is 1.41. The molecule has 1 aromatic carbocycles. The van der Waals surface area contributed by atoms with Crippen LogP contribution in [0.5, 0.6) is 0 Å². The zero-order valence-electron chi connectivity index (χ0n) is 12.3. The van der Waals surface area contributed by atoms with Crippen molar-refractivity contribution in [3.63, 3.8) is 0 Å². The number of rotatable bonds is 4. The number of amides is 1. The van der Waals surface area contributed by atoms with Gasteiger partial charge in [0.15, 0.2) is 0 Å². The quantitative estimate of drug-likeness (QED) is 0.670. The first-order chi connectivity index (χ1) is 10.1. The molecule has 0 radical (unpaired) electrons. The third kappa shape index (κ3) is 3.30. The standard InChI is InChI=1S/C14H20N4O3/c1-3-16-6-8-17(9-7-16)14(19)11-4-5-13(18(20)21)12(10-11)15-2/h4-5,10,15H,3,6-9H2,1-2H3. The number of nitro benzene ring substituents is 1. The molecule has 7 heteroatoms. The van der Waals surface area contributed by atoms with E-state index in [0.717, 1.165) is 19.6 Å². The molecule has 0 aliphatic carbocycles. The van der Waals surface area contributed by atoms with Crippen molar-refractivity contribution in [3.05, 3.63) is 33.9 Å². The molecule has 1 aliphatic rings. The highest BCUT2D eigenvalue weighted by Gasteiger charge is 2.23. The predicted molar refractivity (Wildman–Crippen MR) is 80.7 cm³/mol. The Bertz CT molecular complexity index is 539. The number of hydrogen-bond donors (Lipinski definition) is 1. The minimum absolute atomic E-state index is 0.0233. The first kappa shape index (κ1) is 15.2. The average Bonchev–Trinajstić information content (AvgIpc) is 2.53. The molecule has 0 atom stereocenters. The number of anilines is 1. The van der Waals surface area contributed by atoms with Crippen molar-refractivity contribution in [2.75, 3.05) is 45.1 Å². The number of carbonyl (C=O) groups excluding carboxylic acids is 1. The Balaban J connectivity index is 2.15. The van der Waals surface area contributed by atoms with Crippen molar-refractivity contribution < 1.29 is 9.72 Å². The highest BCUT2D eigenvalue weighted by atomic mass is 16.6. The van der Waals surface area contributed by atoms with Crippen LogP contribution in [0.25, 0.3) is 0 Å². The maximum atomic E-state index is 12.5. The van der Waals surface area contributed by atoms with Crippen molar-refractivity contribution in [3.8, 4) is 0 Å². The normalized spacial score (nSPS) is 15.8. The number of nitro groups is 1. The summed E-state index contributed by atoms with van der Waals surface area (Å²) in [5, 5.41) is 13.7. The molecule has 1 saturated heterocycles. The van der Waals surface area contributed by atoms with Crippen molar-refractivity contribution in [2.45, 2.75) is 6.92 Å². The lowest BCUT2D eigenvalue weighted by Crippen LogP contribution is -2.48. The van der Waals surface area contributed by atoms with Crippen LogP contribution < -0.4 is 5.32 Å². The summed E-state index contributed by atoms with van der Waals surface area (Å²) < 4.78 is 0. The molecule has 21 heavy (non-hydrogen) atoms. The van der Waals surface area contributed by atoms with Crippen molar-refractivity contribution in [2.24, 2.45) is 0 Å². The number of hydrogen-bond acceptors (Lipinski definition) is 5. The van der Waals surface area contributed by atoms with E-state index in [9.17, 15) is 14.9 Å². The van der Waals surface area contributed by atoms with Crippen LogP contribution in [0.2, 0.25) is 0 Å². The monoisotopic (exact) mass is 292 g/mol. The molecular formula is C14H20N4O3. The molecule has 0 aromatic heterocycles. The van der Waals surface area contributed by atoms with Crippen LogP contribution in [0.1, 0.15) is 17.3 Å². The highest BCUT2D eigenvalue weighted by Crippen LogP contribution is 2.25. The fourth-order valence-electron chi connectivity index (χ4n) is 2.48. The van der Waals surface area contributed by atoms with E-state index in [1.807, 2.05) is 0 Å². The fraction of sp³-hybridized carbons (Fsp3) is 0.500. The number of benzene rings is 1. The molecule has 2 rings (SSSR count). The second-order valence-corrected chi connectivity index (χ2v) is 4.97. The van der Waals surface area contributed by atoms with E-state index in [1.54, 1.807) is 18.0 Å². The second-order valence-electron chi connectivity index (χ2n) is 4.97. The van der Waals surface area contributed by atoms with Crippen LogP contribution in [0, 0.1) is 10.1 Å². The van der Waals surface area contributed by atoms with E-state index >= 15 is 0 Å². The minimum atomic E-state index is -0.458. The Morgan fingerprint density at radius 2 is 2.00 bits per heavy atom. The van der Waals surface area contributed by atoms with Crippen LogP contribution in [0.15, 0.2) is 18.2 Å². The third-order valence-corrected chi connectivity index (χ3v) is 3.82. The van der Waals surface area contributed by atoms with Crippen molar-refractivity contribution >= 4 is 17.3 Å². The first-order valence-electron chi connectivity index (χ1n) is 7.04. The van der Waals surface area contributed by atoms with Gasteiger partial charge in [0, 0.05) is 44.9 Å². The maximum absolute atomic E-state index is 12.5. The van der Waals surface area contributed by atoms with Gasteiger partial charge < -0.3 is 15.1 Å². The lowest BCUT2D eigenvalue weighted by Gasteiger charge is -2.34. The maximum Gasteiger partial charge on any atom is 0.292 e. The van der Waals surface area contributed by atoms with Gasteiger partial charge in [0.05, 0.1) is 4.92 Å². The molecule has 114 valence electrons. The molecule has 0 unspecified atom stereocenters. The Morgan fingerprint density at radius 3 is 2.52 bits per heavy atom. The molecule has 1 aromatic rings. The summed E-state index contributed by atoms with van der Waals surface area (Å²) in [6.07, 6.45) is 0. The molecule has 1 heterocycles. The molecular weight excluding hydrogens is 272 g/mol. The van der Waals surface area contributed by atoms with Gasteiger partial charge in [0.25, 0.3) is 11.6 Å². The van der Waals surface area contributed by atoms with E-state index in [0.29, 0.717) is 24.3 Å². The molecule has 1 fully saturated rings. The Kier molecular flexibility index (Phi) is 4.74. The zero-order chi connectivity index (χ0) is 15.4. The van der Waals surface area contributed by atoms with Crippen molar-refractivity contribution in [1.29, 1.82) is 0 Å². The van der Waals surface area contributed by atoms with Gasteiger partial charge in [-0.15, -0.1) is 0 Å². The van der Waals surface area contributed by atoms with Crippen LogP contribution >= 0.6 is 0 Å². The summed E-state index contributed by atoms with van der Waals surface area (Å²) in [5.41, 5.74) is 0.817. The summed E-state index contributed by atoms with van der Waals surface area (Å²) in [4.78, 5) is 27.0. The van der Waals surface area contributed by atoms with Gasteiger partial charge in [-0.1, -0.05) is 6.92 Å². The van der Waals surface area contributed by atoms with Gasteiger partial charge in [-0.2, -0.15) is 0 Å². The van der Waals surface area contributed by atoms with Crippen LogP contribution in [-0.2, 0) is 0 Å². The Labute approximate surface area is 123 Å². The second kappa shape index (κ2) is 6.53. The van der Waals surface area contributed by atoms with Crippen LogP contribution in [-0.4, -0.2) is 60.4 Å². The average molecular weight is 292 g/mol. The van der Waals surface area contributed by atoms with E-state index in [1.165, 1.54) is 12.1 Å². The number of likely N-dealkylation sites (N-methyl/N-ethyl adjacent to an activating group) is 1. The third-order valence-electron chi connectivity index (χ3n) is 3.82. The highest BCUT2D eigenvalue weighted by molar-refractivity contribution is 5.96. The Morgan fingerprint density at radius 1 is 1.33 bits per heavy atom. The largest absolute Gasteiger partial charge is 0.383 e. The van der Waals surface area contributed by atoms with E-state index in [-0.39, 0.29) is 11.6 Å². The molecule has 1 N–H and O–H groups in total. The molecule has 0 saturated carbocycles. The first-order valence-corrected chi connectivity index (χ1v) is 7.04. The topological polar surface area (TPSA) is 78.7 Å². The summed E-state index contributed by atoms with van der Waals surface area (Å²) in [6.45, 7) is 6.22. The smallest absolute Gasteiger partial charge is 0.292 e. The molecule has 1 aliphatic heterocycles. The number of nitrogens with one attached hydrogen (secondary N) is 1. The van der Waals surface area contributed by atoms with E-state index in [2.05, 4.69) is 17.1 Å². The summed E-state index contributed by atoms with van der Waals surface area (Å²) in [7, 11) is 1.61. The summed E-state index contributed by atoms with van der Waals surface area (Å²) in [5.74, 6) is -0.0721. The van der Waals surface area contributed by atoms with Gasteiger partial charge >= 0.3 is 0 Å². The number of nitrogens with zero attached hydrogens (tertiary/aromatic N) is 3. The summed E-state index contributed by atoms with van der Waals surface area (Å²) >= 11 is 0. The minimum Gasteiger partial charge on any atom is -0.383 e. The van der Waals surface area contributed by atoms with Gasteiger partial charge in [-0.3, -0.25) is 14.9 Å². The molecule has 1 amide bonds. The number of piperazine rings is 1. The molecule has 7 nitrogen and oxygen atoms in total. The molecule has 0 bridgehead atoms. The zero-order valence-corrected chi connectivity index (χ0v) is 12.3.